The second-order valence-corrected chi connectivity index (χ2v) is 7.34. The molecule has 0 spiro atoms. The van der Waals surface area contributed by atoms with E-state index in [1.54, 1.807) is 19.2 Å². The van der Waals surface area contributed by atoms with Gasteiger partial charge in [0.2, 0.25) is 5.91 Å². The number of amides is 1. The molecule has 148 valence electrons. The summed E-state index contributed by atoms with van der Waals surface area (Å²) in [7, 11) is 1.61. The van der Waals surface area contributed by atoms with Gasteiger partial charge in [-0.05, 0) is 24.1 Å². The van der Waals surface area contributed by atoms with Crippen molar-refractivity contribution in [3.63, 3.8) is 0 Å². The summed E-state index contributed by atoms with van der Waals surface area (Å²) in [6.45, 7) is 2.90. The van der Waals surface area contributed by atoms with Crippen LogP contribution in [0.3, 0.4) is 0 Å². The molecule has 5 nitrogen and oxygen atoms in total. The number of fused-ring (bicyclic) bond motifs is 1. The van der Waals surface area contributed by atoms with Gasteiger partial charge in [0.1, 0.15) is 11.9 Å². The molecule has 28 heavy (non-hydrogen) atoms. The van der Waals surface area contributed by atoms with E-state index in [4.69, 9.17) is 32.9 Å². The molecule has 1 heterocycles. The van der Waals surface area contributed by atoms with Gasteiger partial charge in [-0.25, -0.2) is 4.98 Å². The number of hydrogen-bond acceptors (Lipinski definition) is 3. The van der Waals surface area contributed by atoms with Crippen LogP contribution in [0, 0.1) is 0 Å². The zero-order chi connectivity index (χ0) is 20.1. The van der Waals surface area contributed by atoms with E-state index in [9.17, 15) is 4.79 Å². The maximum absolute atomic E-state index is 12.9. The molecule has 0 aliphatic heterocycles. The van der Waals surface area contributed by atoms with Crippen LogP contribution in [0.2, 0.25) is 10.0 Å². The lowest BCUT2D eigenvalue weighted by atomic mass is 10.1. The smallest absolute Gasteiger partial charge is 0.243 e. The summed E-state index contributed by atoms with van der Waals surface area (Å²) >= 11 is 12.5. The van der Waals surface area contributed by atoms with Crippen molar-refractivity contribution in [1.29, 1.82) is 0 Å². The number of nitrogens with one attached hydrogen (secondary N) is 1. The summed E-state index contributed by atoms with van der Waals surface area (Å²) in [5, 5.41) is 3.82. The number of methoxy groups -OCH3 is 1. The molecule has 0 aliphatic rings. The van der Waals surface area contributed by atoms with Crippen molar-refractivity contribution in [3.8, 4) is 0 Å². The molecule has 3 aromatic rings. The molecule has 7 heteroatoms. The fourth-order valence-corrected chi connectivity index (χ4v) is 3.59. The molecule has 1 unspecified atom stereocenters. The Bertz CT molecular complexity index is 957. The molecule has 0 fully saturated rings. The van der Waals surface area contributed by atoms with Crippen LogP contribution in [-0.4, -0.2) is 35.7 Å². The van der Waals surface area contributed by atoms with Crippen LogP contribution in [0.15, 0.2) is 42.5 Å². The standard InChI is InChI=1S/C21H23Cl2N3O2/c1-3-18(21(27)24-9-10-28-2)26-19-13-16(23)15(22)12-17(19)25-20(26)11-14-7-5-4-6-8-14/h4-8,12-13,18H,3,9-11H2,1-2H3,(H,24,27). The number of benzene rings is 2. The Balaban J connectivity index is 2.07. The zero-order valence-electron chi connectivity index (χ0n) is 15.9. The Kier molecular flexibility index (Phi) is 6.94. The average Bonchev–Trinajstić information content (AvgIpc) is 3.01. The van der Waals surface area contributed by atoms with E-state index in [1.807, 2.05) is 41.8 Å². The van der Waals surface area contributed by atoms with Gasteiger partial charge in [-0.2, -0.15) is 0 Å². The fraction of sp³-hybridized carbons (Fsp3) is 0.333. The van der Waals surface area contributed by atoms with Gasteiger partial charge in [0.25, 0.3) is 0 Å². The Hall–Kier alpha value is -2.08. The van der Waals surface area contributed by atoms with Gasteiger partial charge in [0, 0.05) is 20.1 Å². The van der Waals surface area contributed by atoms with E-state index in [2.05, 4.69) is 5.32 Å². The van der Waals surface area contributed by atoms with Crippen molar-refractivity contribution in [2.75, 3.05) is 20.3 Å². The van der Waals surface area contributed by atoms with E-state index in [0.29, 0.717) is 36.0 Å². The first-order valence-corrected chi connectivity index (χ1v) is 9.97. The molecule has 1 atom stereocenters. The van der Waals surface area contributed by atoms with E-state index in [-0.39, 0.29) is 5.91 Å². The minimum absolute atomic E-state index is 0.0702. The lowest BCUT2D eigenvalue weighted by molar-refractivity contribution is -0.124. The number of carbonyl (C=O) groups excluding carboxylic acids is 1. The largest absolute Gasteiger partial charge is 0.383 e. The molecule has 3 rings (SSSR count). The summed E-state index contributed by atoms with van der Waals surface area (Å²) in [5.41, 5.74) is 2.64. The third kappa shape index (κ3) is 4.49. The molecule has 0 saturated carbocycles. The number of rotatable bonds is 8. The lowest BCUT2D eigenvalue weighted by Gasteiger charge is -2.20. The third-order valence-electron chi connectivity index (χ3n) is 4.62. The Morgan fingerprint density at radius 3 is 2.61 bits per heavy atom. The van der Waals surface area contributed by atoms with Crippen molar-refractivity contribution < 1.29 is 9.53 Å². The van der Waals surface area contributed by atoms with Crippen LogP contribution < -0.4 is 5.32 Å². The Labute approximate surface area is 174 Å². The van der Waals surface area contributed by atoms with Crippen molar-refractivity contribution in [3.05, 3.63) is 63.9 Å². The van der Waals surface area contributed by atoms with Gasteiger partial charge >= 0.3 is 0 Å². The van der Waals surface area contributed by atoms with Gasteiger partial charge in [-0.3, -0.25) is 4.79 Å². The first-order chi connectivity index (χ1) is 13.5. The number of nitrogens with zero attached hydrogens (tertiary/aromatic N) is 2. The highest BCUT2D eigenvalue weighted by Gasteiger charge is 2.24. The summed E-state index contributed by atoms with van der Waals surface area (Å²) in [6, 6.07) is 13.2. The summed E-state index contributed by atoms with van der Waals surface area (Å²) in [5.74, 6) is 0.729. The highest BCUT2D eigenvalue weighted by Crippen LogP contribution is 2.31. The molecule has 0 saturated heterocycles. The quantitative estimate of drug-likeness (QED) is 0.540. The normalized spacial score (nSPS) is 12.3. The van der Waals surface area contributed by atoms with Crippen LogP contribution in [0.5, 0.6) is 0 Å². The molecule has 1 aromatic heterocycles. The van der Waals surface area contributed by atoms with E-state index in [1.165, 1.54) is 0 Å². The second-order valence-electron chi connectivity index (χ2n) is 6.52. The molecule has 0 bridgehead atoms. The minimum atomic E-state index is -0.405. The average molecular weight is 420 g/mol. The number of carbonyl (C=O) groups is 1. The number of aromatic nitrogens is 2. The molecule has 2 aromatic carbocycles. The predicted octanol–water partition coefficient (Wildman–Crippen LogP) is 4.65. The Morgan fingerprint density at radius 2 is 1.93 bits per heavy atom. The molecular weight excluding hydrogens is 397 g/mol. The maximum Gasteiger partial charge on any atom is 0.243 e. The third-order valence-corrected chi connectivity index (χ3v) is 5.34. The van der Waals surface area contributed by atoms with E-state index in [0.717, 1.165) is 22.4 Å². The predicted molar refractivity (Wildman–Crippen MR) is 113 cm³/mol. The SMILES string of the molecule is CCC(C(=O)NCCOC)n1c(Cc2ccccc2)nc2cc(Cl)c(Cl)cc21. The molecular formula is C21H23Cl2N3O2. The van der Waals surface area contributed by atoms with Gasteiger partial charge in [-0.15, -0.1) is 0 Å². The highest BCUT2D eigenvalue weighted by molar-refractivity contribution is 6.42. The van der Waals surface area contributed by atoms with Gasteiger partial charge < -0.3 is 14.6 Å². The molecule has 1 amide bonds. The number of ether oxygens (including phenoxy) is 1. The van der Waals surface area contributed by atoms with Gasteiger partial charge in [-0.1, -0.05) is 60.5 Å². The van der Waals surface area contributed by atoms with Crippen LogP contribution in [-0.2, 0) is 16.0 Å². The zero-order valence-corrected chi connectivity index (χ0v) is 17.4. The van der Waals surface area contributed by atoms with Gasteiger partial charge in [0.05, 0.1) is 27.7 Å². The maximum atomic E-state index is 12.9. The van der Waals surface area contributed by atoms with Crippen molar-refractivity contribution in [2.45, 2.75) is 25.8 Å². The van der Waals surface area contributed by atoms with Crippen molar-refractivity contribution >= 4 is 40.1 Å². The Morgan fingerprint density at radius 1 is 1.21 bits per heavy atom. The first-order valence-electron chi connectivity index (χ1n) is 9.21. The van der Waals surface area contributed by atoms with Crippen molar-refractivity contribution in [2.24, 2.45) is 0 Å². The fourth-order valence-electron chi connectivity index (χ4n) is 3.27. The van der Waals surface area contributed by atoms with Crippen LogP contribution in [0.25, 0.3) is 11.0 Å². The molecule has 0 aliphatic carbocycles. The van der Waals surface area contributed by atoms with Crippen LogP contribution in [0.1, 0.15) is 30.8 Å². The molecule has 1 N–H and O–H groups in total. The van der Waals surface area contributed by atoms with Crippen LogP contribution >= 0.6 is 23.2 Å². The monoisotopic (exact) mass is 419 g/mol. The second kappa shape index (κ2) is 9.41. The molecule has 0 radical (unpaired) electrons. The lowest BCUT2D eigenvalue weighted by Crippen LogP contribution is -2.35. The van der Waals surface area contributed by atoms with E-state index >= 15 is 0 Å². The van der Waals surface area contributed by atoms with Crippen LogP contribution in [0.4, 0.5) is 0 Å². The van der Waals surface area contributed by atoms with Gasteiger partial charge in [0.15, 0.2) is 0 Å². The first kappa shape index (κ1) is 20.6. The minimum Gasteiger partial charge on any atom is -0.383 e. The highest BCUT2D eigenvalue weighted by atomic mass is 35.5. The summed E-state index contributed by atoms with van der Waals surface area (Å²) in [4.78, 5) is 17.6. The topological polar surface area (TPSA) is 56.1 Å². The number of imidazole rings is 1. The summed E-state index contributed by atoms with van der Waals surface area (Å²) in [6.07, 6.45) is 1.22. The number of halogens is 2. The van der Waals surface area contributed by atoms with Crippen molar-refractivity contribution in [1.82, 2.24) is 14.9 Å². The number of hydrogen-bond donors (Lipinski definition) is 1. The summed E-state index contributed by atoms with van der Waals surface area (Å²) < 4.78 is 7.01. The van der Waals surface area contributed by atoms with E-state index < -0.39 is 6.04 Å².